The molecular weight excluding hydrogens is 436 g/mol. The summed E-state index contributed by atoms with van der Waals surface area (Å²) in [6.07, 6.45) is 0.695. The van der Waals surface area contributed by atoms with Crippen LogP contribution in [0.4, 0.5) is 0 Å². The van der Waals surface area contributed by atoms with Gasteiger partial charge in [-0.15, -0.1) is 21.5 Å². The summed E-state index contributed by atoms with van der Waals surface area (Å²) >= 11 is 3.17. The molecule has 0 saturated carbocycles. The summed E-state index contributed by atoms with van der Waals surface area (Å²) < 4.78 is 2.08. The number of benzene rings is 2. The summed E-state index contributed by atoms with van der Waals surface area (Å²) in [6.45, 7) is 5.38. The summed E-state index contributed by atoms with van der Waals surface area (Å²) in [5, 5.41) is 11.5. The van der Waals surface area contributed by atoms with Crippen LogP contribution in [0.3, 0.4) is 0 Å². The van der Waals surface area contributed by atoms with Crippen LogP contribution in [0.2, 0.25) is 0 Å². The van der Waals surface area contributed by atoms with Crippen molar-refractivity contribution in [3.05, 3.63) is 94.4 Å². The molecule has 7 heteroatoms. The first-order chi connectivity index (χ1) is 15.7. The summed E-state index contributed by atoms with van der Waals surface area (Å²) in [4.78, 5) is 16.6. The molecule has 1 unspecified atom stereocenters. The Morgan fingerprint density at radius 2 is 1.66 bits per heavy atom. The van der Waals surface area contributed by atoms with Gasteiger partial charge in [0.25, 0.3) is 0 Å². The molecule has 0 radical (unpaired) electrons. The first-order valence-corrected chi connectivity index (χ1v) is 12.5. The average molecular weight is 463 g/mol. The van der Waals surface area contributed by atoms with Crippen LogP contribution in [0.25, 0.3) is 5.69 Å². The van der Waals surface area contributed by atoms with Gasteiger partial charge in [-0.1, -0.05) is 66.4 Å². The lowest BCUT2D eigenvalue weighted by Crippen LogP contribution is -2.34. The van der Waals surface area contributed by atoms with E-state index in [2.05, 4.69) is 38.3 Å². The van der Waals surface area contributed by atoms with Crippen molar-refractivity contribution < 1.29 is 4.79 Å². The average Bonchev–Trinajstić information content (AvgIpc) is 3.49. The number of para-hydroxylation sites is 1. The van der Waals surface area contributed by atoms with Gasteiger partial charge in [0.15, 0.2) is 5.16 Å². The van der Waals surface area contributed by atoms with Crippen LogP contribution in [-0.4, -0.2) is 38.7 Å². The minimum Gasteiger partial charge on any atom is -0.342 e. The maximum atomic E-state index is 13.5. The van der Waals surface area contributed by atoms with Crippen LogP contribution in [0.1, 0.15) is 35.4 Å². The number of hydrogen-bond acceptors (Lipinski definition) is 5. The number of likely N-dealkylation sites (N-methyl/N-ethyl adjacent to an activating group) is 1. The molecule has 4 aromatic rings. The molecule has 0 aliphatic rings. The summed E-state index contributed by atoms with van der Waals surface area (Å²) in [6, 6.07) is 24.2. The van der Waals surface area contributed by atoms with E-state index in [0.717, 1.165) is 22.2 Å². The zero-order chi connectivity index (χ0) is 22.3. The van der Waals surface area contributed by atoms with Crippen LogP contribution in [0.15, 0.2) is 83.3 Å². The molecule has 2 aromatic heterocycles. The van der Waals surface area contributed by atoms with E-state index in [1.807, 2.05) is 73.3 Å². The van der Waals surface area contributed by atoms with Crippen molar-refractivity contribution in [2.75, 3.05) is 13.1 Å². The van der Waals surface area contributed by atoms with Crippen molar-refractivity contribution in [3.63, 3.8) is 0 Å². The maximum absolute atomic E-state index is 13.5. The Morgan fingerprint density at radius 1 is 0.969 bits per heavy atom. The summed E-state index contributed by atoms with van der Waals surface area (Å²) in [7, 11) is 0. The molecule has 2 heterocycles. The Labute approximate surface area is 197 Å². The van der Waals surface area contributed by atoms with E-state index >= 15 is 0 Å². The smallest absolute Gasteiger partial charge is 0.240 e. The molecule has 32 heavy (non-hydrogen) atoms. The molecule has 1 amide bonds. The topological polar surface area (TPSA) is 51.0 Å². The fraction of sp³-hybridized carbons (Fsp3) is 0.240. The van der Waals surface area contributed by atoms with Gasteiger partial charge in [-0.2, -0.15) is 0 Å². The highest BCUT2D eigenvalue weighted by Crippen LogP contribution is 2.37. The van der Waals surface area contributed by atoms with Gasteiger partial charge in [0.2, 0.25) is 5.91 Å². The lowest BCUT2D eigenvalue weighted by Gasteiger charge is -2.25. The van der Waals surface area contributed by atoms with E-state index in [4.69, 9.17) is 0 Å². The number of thioether (sulfide) groups is 1. The van der Waals surface area contributed by atoms with E-state index in [-0.39, 0.29) is 5.91 Å². The van der Waals surface area contributed by atoms with Gasteiger partial charge in [0.1, 0.15) is 11.1 Å². The number of nitrogens with zero attached hydrogens (tertiary/aromatic N) is 4. The van der Waals surface area contributed by atoms with E-state index in [1.165, 1.54) is 16.6 Å². The maximum Gasteiger partial charge on any atom is 0.240 e. The third kappa shape index (κ3) is 4.95. The minimum absolute atomic E-state index is 0.0913. The standard InChI is InChI=1S/C25H26N4OS2/c1-3-28(4-2)24(30)23(19-12-7-5-8-13-19)32-25-27-26-22(18-21-16-11-17-31-21)29(25)20-14-9-6-10-15-20/h5-17,23H,3-4,18H2,1-2H3. The van der Waals surface area contributed by atoms with Crippen molar-refractivity contribution in [1.29, 1.82) is 0 Å². The molecule has 0 spiro atoms. The molecule has 5 nitrogen and oxygen atoms in total. The van der Waals surface area contributed by atoms with E-state index in [9.17, 15) is 4.79 Å². The predicted molar refractivity (Wildman–Crippen MR) is 131 cm³/mol. The van der Waals surface area contributed by atoms with Gasteiger partial charge < -0.3 is 4.90 Å². The fourth-order valence-corrected chi connectivity index (χ4v) is 5.45. The Morgan fingerprint density at radius 3 is 2.28 bits per heavy atom. The number of carbonyl (C=O) groups is 1. The summed E-state index contributed by atoms with van der Waals surface area (Å²) in [5.74, 6) is 0.955. The lowest BCUT2D eigenvalue weighted by atomic mass is 10.1. The molecule has 2 aromatic carbocycles. The van der Waals surface area contributed by atoms with Crippen LogP contribution in [0, 0.1) is 0 Å². The van der Waals surface area contributed by atoms with Gasteiger partial charge in [0, 0.05) is 30.1 Å². The van der Waals surface area contributed by atoms with Crippen LogP contribution >= 0.6 is 23.1 Å². The Bertz CT molecular complexity index is 1120. The number of thiophene rings is 1. The van der Waals surface area contributed by atoms with Gasteiger partial charge in [-0.05, 0) is 43.0 Å². The molecule has 0 aliphatic heterocycles. The third-order valence-corrected chi connectivity index (χ3v) is 7.31. The van der Waals surface area contributed by atoms with Gasteiger partial charge in [0.05, 0.1) is 0 Å². The Kier molecular flexibility index (Phi) is 7.39. The molecular formula is C25H26N4OS2. The molecule has 164 valence electrons. The van der Waals surface area contributed by atoms with Crippen molar-refractivity contribution >= 4 is 29.0 Å². The molecule has 0 saturated heterocycles. The number of aromatic nitrogens is 3. The van der Waals surface area contributed by atoms with Crippen molar-refractivity contribution in [2.45, 2.75) is 30.7 Å². The van der Waals surface area contributed by atoms with Crippen LogP contribution < -0.4 is 0 Å². The largest absolute Gasteiger partial charge is 0.342 e. The second-order valence-corrected chi connectivity index (χ2v) is 9.35. The number of rotatable bonds is 9. The molecule has 4 rings (SSSR count). The first-order valence-electron chi connectivity index (χ1n) is 10.7. The van der Waals surface area contributed by atoms with Gasteiger partial charge in [-0.25, -0.2) is 0 Å². The fourth-order valence-electron chi connectivity index (χ4n) is 3.59. The normalized spacial score (nSPS) is 11.9. The van der Waals surface area contributed by atoms with E-state index in [0.29, 0.717) is 19.5 Å². The SMILES string of the molecule is CCN(CC)C(=O)C(Sc1nnc(Cc2cccs2)n1-c1ccccc1)c1ccccc1. The number of amides is 1. The van der Waals surface area contributed by atoms with E-state index in [1.54, 1.807) is 11.3 Å². The third-order valence-electron chi connectivity index (χ3n) is 5.25. The quantitative estimate of drug-likeness (QED) is 0.303. The Balaban J connectivity index is 1.75. The zero-order valence-electron chi connectivity index (χ0n) is 18.2. The number of carbonyl (C=O) groups excluding carboxylic acids is 1. The highest BCUT2D eigenvalue weighted by atomic mass is 32.2. The predicted octanol–water partition coefficient (Wildman–Crippen LogP) is 5.62. The van der Waals surface area contributed by atoms with E-state index < -0.39 is 5.25 Å². The highest BCUT2D eigenvalue weighted by Gasteiger charge is 2.28. The first kappa shape index (κ1) is 22.3. The molecule has 0 bridgehead atoms. The zero-order valence-corrected chi connectivity index (χ0v) is 19.9. The second-order valence-electron chi connectivity index (χ2n) is 7.25. The monoisotopic (exact) mass is 462 g/mol. The highest BCUT2D eigenvalue weighted by molar-refractivity contribution is 8.00. The lowest BCUT2D eigenvalue weighted by molar-refractivity contribution is -0.130. The van der Waals surface area contributed by atoms with Crippen LogP contribution in [-0.2, 0) is 11.2 Å². The molecule has 0 fully saturated rings. The van der Waals surface area contributed by atoms with Crippen LogP contribution in [0.5, 0.6) is 0 Å². The Hall–Kier alpha value is -2.90. The van der Waals surface area contributed by atoms with Gasteiger partial charge in [-0.3, -0.25) is 9.36 Å². The molecule has 0 aliphatic carbocycles. The minimum atomic E-state index is -0.391. The van der Waals surface area contributed by atoms with Gasteiger partial charge >= 0.3 is 0 Å². The number of hydrogen-bond donors (Lipinski definition) is 0. The second kappa shape index (κ2) is 10.6. The van der Waals surface area contributed by atoms with Crippen molar-refractivity contribution in [2.24, 2.45) is 0 Å². The van der Waals surface area contributed by atoms with Crippen molar-refractivity contribution in [1.82, 2.24) is 19.7 Å². The molecule has 0 N–H and O–H groups in total. The van der Waals surface area contributed by atoms with Crippen molar-refractivity contribution in [3.8, 4) is 5.69 Å². The molecule has 1 atom stereocenters. The summed E-state index contributed by atoms with van der Waals surface area (Å²) in [5.41, 5.74) is 1.96.